The van der Waals surface area contributed by atoms with Gasteiger partial charge in [-0.2, -0.15) is 15.2 Å². The molecule has 1 aliphatic carbocycles. The summed E-state index contributed by atoms with van der Waals surface area (Å²) in [6, 6.07) is 11.0. The van der Waals surface area contributed by atoms with E-state index in [1.807, 2.05) is 23.1 Å². The maximum absolute atomic E-state index is 13.4. The Morgan fingerprint density at radius 1 is 1.09 bits per heavy atom. The fraction of sp³-hybridized carbons (Fsp3) is 0.400. The van der Waals surface area contributed by atoms with Gasteiger partial charge in [-0.3, -0.25) is 9.78 Å². The predicted molar refractivity (Wildman–Crippen MR) is 183 cm³/mol. The Labute approximate surface area is 279 Å². The van der Waals surface area contributed by atoms with Crippen LogP contribution in [-0.2, 0) is 4.79 Å². The first-order valence-electron chi connectivity index (χ1n) is 15.7. The van der Waals surface area contributed by atoms with Crippen LogP contribution in [0.4, 0.5) is 10.2 Å². The third-order valence-electron chi connectivity index (χ3n) is 8.51. The SMILES string of the molecule is C=C(F)C(=O)N1CCN(c2nc(OC)nc3c(C4CC4)c(-c4cc(O)cc5cccc(Cl)c45)cnc23)CC1.CC#N.CN1CCCC1. The Balaban J connectivity index is 0.000000422. The minimum absolute atomic E-state index is 0.140. The van der Waals surface area contributed by atoms with Crippen LogP contribution in [0.15, 0.2) is 48.9 Å². The molecule has 4 heterocycles. The quantitative estimate of drug-likeness (QED) is 0.241. The molecule has 1 amide bonds. The molecule has 2 aliphatic heterocycles. The van der Waals surface area contributed by atoms with Crippen molar-refractivity contribution in [1.29, 1.82) is 5.26 Å². The number of benzene rings is 2. The van der Waals surface area contributed by atoms with Crippen LogP contribution >= 0.6 is 11.6 Å². The van der Waals surface area contributed by atoms with E-state index in [-0.39, 0.29) is 17.7 Å². The Morgan fingerprint density at radius 2 is 1.77 bits per heavy atom. The number of carbonyl (C=O) groups excluding carboxylic acids is 1. The average Bonchev–Trinajstić information content (AvgIpc) is 3.80. The number of halogens is 2. The number of pyridine rings is 1. The van der Waals surface area contributed by atoms with Gasteiger partial charge in [-0.15, -0.1) is 0 Å². The number of anilines is 1. The molecular weight excluding hydrogens is 621 g/mol. The molecule has 7 rings (SSSR count). The van der Waals surface area contributed by atoms with Gasteiger partial charge in [0, 0.05) is 55.3 Å². The third-order valence-corrected chi connectivity index (χ3v) is 8.83. The van der Waals surface area contributed by atoms with Crippen LogP contribution in [0.3, 0.4) is 0 Å². The Morgan fingerprint density at radius 3 is 2.34 bits per heavy atom. The second-order valence-corrected chi connectivity index (χ2v) is 12.2. The number of hydrogen-bond donors (Lipinski definition) is 1. The van der Waals surface area contributed by atoms with Crippen LogP contribution in [0.1, 0.15) is 44.1 Å². The zero-order valence-corrected chi connectivity index (χ0v) is 27.7. The van der Waals surface area contributed by atoms with Gasteiger partial charge in [0.1, 0.15) is 16.8 Å². The van der Waals surface area contributed by atoms with Gasteiger partial charge in [-0.1, -0.05) is 30.3 Å². The lowest BCUT2D eigenvalue weighted by molar-refractivity contribution is -0.128. The predicted octanol–water partition coefficient (Wildman–Crippen LogP) is 6.46. The van der Waals surface area contributed by atoms with Crippen molar-refractivity contribution in [3.05, 3.63) is 59.5 Å². The van der Waals surface area contributed by atoms with E-state index in [1.165, 1.54) is 44.9 Å². The van der Waals surface area contributed by atoms with Crippen LogP contribution in [0.2, 0.25) is 5.02 Å². The molecule has 3 aliphatic rings. The molecule has 2 aromatic carbocycles. The number of aromatic hydroxyl groups is 1. The number of carbonyl (C=O) groups is 1. The first kappa shape index (κ1) is 33.8. The van der Waals surface area contributed by atoms with E-state index in [0.717, 1.165) is 40.3 Å². The molecule has 12 heteroatoms. The molecule has 0 radical (unpaired) electrons. The van der Waals surface area contributed by atoms with E-state index < -0.39 is 11.7 Å². The minimum Gasteiger partial charge on any atom is -0.508 e. The molecule has 3 fully saturated rings. The number of nitriles is 1. The van der Waals surface area contributed by atoms with Crippen LogP contribution in [0.25, 0.3) is 32.9 Å². The molecule has 2 saturated heterocycles. The maximum atomic E-state index is 13.4. The monoisotopic (exact) mass is 659 g/mol. The summed E-state index contributed by atoms with van der Waals surface area (Å²) in [4.78, 5) is 32.1. The van der Waals surface area contributed by atoms with E-state index in [0.29, 0.717) is 48.1 Å². The molecule has 246 valence electrons. The first-order chi connectivity index (χ1) is 22.7. The largest absolute Gasteiger partial charge is 0.508 e. The van der Waals surface area contributed by atoms with Crippen LogP contribution in [0.5, 0.6) is 11.8 Å². The summed E-state index contributed by atoms with van der Waals surface area (Å²) in [5, 5.41) is 20.1. The number of hydrogen-bond acceptors (Lipinski definition) is 9. The third kappa shape index (κ3) is 7.56. The molecular formula is C35H39ClFN7O3. The topological polar surface area (TPSA) is 119 Å². The highest BCUT2D eigenvalue weighted by molar-refractivity contribution is 6.36. The van der Waals surface area contributed by atoms with Crippen LogP contribution < -0.4 is 9.64 Å². The van der Waals surface area contributed by atoms with E-state index in [4.69, 9.17) is 31.6 Å². The average molecular weight is 660 g/mol. The Hall–Kier alpha value is -4.53. The van der Waals surface area contributed by atoms with Gasteiger partial charge in [0.25, 0.3) is 5.91 Å². The van der Waals surface area contributed by atoms with Gasteiger partial charge >= 0.3 is 6.01 Å². The number of ether oxygens (including phenoxy) is 1. The Bertz CT molecular complexity index is 1830. The maximum Gasteiger partial charge on any atom is 0.318 e. The highest BCUT2D eigenvalue weighted by Gasteiger charge is 2.33. The number of methoxy groups -OCH3 is 1. The number of phenols is 1. The van der Waals surface area contributed by atoms with Crippen molar-refractivity contribution in [2.24, 2.45) is 0 Å². The zero-order chi connectivity index (χ0) is 33.7. The number of nitrogens with zero attached hydrogens (tertiary/aromatic N) is 7. The summed E-state index contributed by atoms with van der Waals surface area (Å²) in [7, 11) is 3.69. The van der Waals surface area contributed by atoms with E-state index >= 15 is 0 Å². The zero-order valence-electron chi connectivity index (χ0n) is 27.0. The molecule has 0 unspecified atom stereocenters. The molecule has 0 atom stereocenters. The van der Waals surface area contributed by atoms with Crippen molar-refractivity contribution >= 4 is 45.1 Å². The van der Waals surface area contributed by atoms with Crippen LogP contribution in [0, 0.1) is 11.3 Å². The lowest BCUT2D eigenvalue weighted by Gasteiger charge is -2.35. The fourth-order valence-electron chi connectivity index (χ4n) is 6.11. The van der Waals surface area contributed by atoms with Crippen molar-refractivity contribution in [2.45, 2.75) is 38.5 Å². The second-order valence-electron chi connectivity index (χ2n) is 11.8. The summed E-state index contributed by atoms with van der Waals surface area (Å²) >= 11 is 6.65. The molecule has 1 N–H and O–H groups in total. The standard InChI is InChI=1S/C28H25ClFN5O3.C5H11N.C2H3N/c1-15(30)27(37)35-10-8-34(9-11-35)26-25-24(32-28(33-26)38-2)23(16-6-7-16)20(14-31-25)19-13-18(36)12-17-4-3-5-21(29)22(17)19;1-6-4-2-3-5-6;1-2-3/h3-5,12-14,16,36H,1,6-11H2,2H3;2-5H2,1H3;1H3. The molecule has 1 saturated carbocycles. The minimum atomic E-state index is -0.963. The summed E-state index contributed by atoms with van der Waals surface area (Å²) in [5.41, 5.74) is 3.98. The smallest absolute Gasteiger partial charge is 0.318 e. The number of piperazine rings is 1. The van der Waals surface area contributed by atoms with E-state index in [2.05, 4.69) is 23.5 Å². The molecule has 2 aromatic heterocycles. The lowest BCUT2D eigenvalue weighted by atomic mass is 9.92. The summed E-state index contributed by atoms with van der Waals surface area (Å²) in [5.74, 6) is -0.639. The van der Waals surface area contributed by atoms with E-state index in [1.54, 1.807) is 24.4 Å². The number of amides is 1. The molecule has 4 aromatic rings. The number of aromatic nitrogens is 3. The van der Waals surface area contributed by atoms with Gasteiger partial charge in [0.2, 0.25) is 0 Å². The van der Waals surface area contributed by atoms with Gasteiger partial charge in [0.05, 0.1) is 13.2 Å². The number of fused-ring (bicyclic) bond motifs is 2. The van der Waals surface area contributed by atoms with Crippen molar-refractivity contribution < 1.29 is 19.0 Å². The number of likely N-dealkylation sites (tertiary alicyclic amines) is 1. The van der Waals surface area contributed by atoms with Gasteiger partial charge in [0.15, 0.2) is 11.6 Å². The normalized spacial score (nSPS) is 16.2. The Kier molecular flexibility index (Phi) is 10.7. The highest BCUT2D eigenvalue weighted by atomic mass is 35.5. The van der Waals surface area contributed by atoms with Crippen molar-refractivity contribution in [3.8, 4) is 29.0 Å². The van der Waals surface area contributed by atoms with E-state index in [9.17, 15) is 14.3 Å². The van der Waals surface area contributed by atoms with Crippen LogP contribution in [-0.4, -0.2) is 89.2 Å². The number of phenolic OH excluding ortho intramolecular Hbond substituents is 1. The summed E-state index contributed by atoms with van der Waals surface area (Å²) in [6.45, 7) is 8.75. The lowest BCUT2D eigenvalue weighted by Crippen LogP contribution is -2.49. The molecule has 47 heavy (non-hydrogen) atoms. The van der Waals surface area contributed by atoms with Crippen molar-refractivity contribution in [1.82, 2.24) is 24.8 Å². The van der Waals surface area contributed by atoms with Gasteiger partial charge < -0.3 is 24.5 Å². The van der Waals surface area contributed by atoms with Gasteiger partial charge in [-0.25, -0.2) is 4.39 Å². The summed E-state index contributed by atoms with van der Waals surface area (Å²) < 4.78 is 18.9. The summed E-state index contributed by atoms with van der Waals surface area (Å²) in [6.07, 6.45) is 6.64. The fourth-order valence-corrected chi connectivity index (χ4v) is 6.40. The first-order valence-corrected chi connectivity index (χ1v) is 16.1. The molecule has 0 bridgehead atoms. The molecule has 0 spiro atoms. The van der Waals surface area contributed by atoms with Crippen molar-refractivity contribution in [2.75, 3.05) is 58.3 Å². The number of rotatable bonds is 5. The van der Waals surface area contributed by atoms with Gasteiger partial charge in [-0.05, 0) is 86.5 Å². The second kappa shape index (κ2) is 14.9. The molecule has 10 nitrogen and oxygen atoms in total. The highest BCUT2D eigenvalue weighted by Crippen LogP contribution is 2.49. The van der Waals surface area contributed by atoms with Crippen molar-refractivity contribution in [3.63, 3.8) is 0 Å².